The fourth-order valence-corrected chi connectivity index (χ4v) is 2.37. The van der Waals surface area contributed by atoms with Crippen molar-refractivity contribution in [3.05, 3.63) is 34.9 Å². The molecule has 0 spiro atoms. The van der Waals surface area contributed by atoms with Crippen LogP contribution >= 0.6 is 0 Å². The quantitative estimate of drug-likeness (QED) is 0.820. The number of benzene rings is 1. The number of nitrogens with zero attached hydrogens (tertiary/aromatic N) is 1. The van der Waals surface area contributed by atoms with Crippen molar-refractivity contribution >= 4 is 0 Å². The van der Waals surface area contributed by atoms with E-state index in [1.54, 1.807) is 7.11 Å². The molecule has 1 fully saturated rings. The van der Waals surface area contributed by atoms with Crippen molar-refractivity contribution in [1.82, 2.24) is 4.90 Å². The molecule has 0 aromatic heterocycles. The Hall–Kier alpha value is -0.900. The second-order valence-electron chi connectivity index (χ2n) is 5.58. The van der Waals surface area contributed by atoms with Gasteiger partial charge in [0.25, 0.3) is 0 Å². The Morgan fingerprint density at radius 3 is 2.63 bits per heavy atom. The van der Waals surface area contributed by atoms with Gasteiger partial charge in [-0.1, -0.05) is 18.2 Å². The van der Waals surface area contributed by atoms with Crippen molar-refractivity contribution in [3.63, 3.8) is 0 Å². The minimum absolute atomic E-state index is 0.406. The molecule has 0 saturated heterocycles. The fraction of sp³-hybridized carbons (Fsp3) is 0.625. The topological polar surface area (TPSA) is 32.7 Å². The number of methoxy groups -OCH3 is 1. The minimum Gasteiger partial charge on any atom is -0.387 e. The number of rotatable bonds is 7. The summed E-state index contributed by atoms with van der Waals surface area (Å²) in [6, 6.07) is 6.87. The standard InChI is InChI=1S/C16H25NO2/c1-12-4-5-14(10-13(12)2)16(18)11-17(8-9-19-3)15-6-7-15/h4-5,10,15-16,18H,6-9,11H2,1-3H3. The third-order valence-corrected chi connectivity index (χ3v) is 3.97. The molecule has 3 heteroatoms. The van der Waals surface area contributed by atoms with Crippen LogP contribution in [0.5, 0.6) is 0 Å². The van der Waals surface area contributed by atoms with Crippen LogP contribution in [0, 0.1) is 13.8 Å². The van der Waals surface area contributed by atoms with E-state index >= 15 is 0 Å². The van der Waals surface area contributed by atoms with Gasteiger partial charge >= 0.3 is 0 Å². The number of aryl methyl sites for hydroxylation is 2. The van der Waals surface area contributed by atoms with Gasteiger partial charge in [0.1, 0.15) is 0 Å². The zero-order valence-corrected chi connectivity index (χ0v) is 12.2. The largest absolute Gasteiger partial charge is 0.387 e. The zero-order valence-electron chi connectivity index (χ0n) is 12.2. The van der Waals surface area contributed by atoms with E-state index in [-0.39, 0.29) is 0 Å². The molecule has 1 aromatic carbocycles. The maximum atomic E-state index is 10.4. The zero-order chi connectivity index (χ0) is 13.8. The molecule has 1 unspecified atom stereocenters. The smallest absolute Gasteiger partial charge is 0.0917 e. The van der Waals surface area contributed by atoms with E-state index in [1.165, 1.54) is 24.0 Å². The molecule has 0 heterocycles. The van der Waals surface area contributed by atoms with Gasteiger partial charge in [-0.3, -0.25) is 4.90 Å². The molecule has 3 nitrogen and oxygen atoms in total. The molecule has 2 rings (SSSR count). The van der Waals surface area contributed by atoms with Gasteiger partial charge in [0.05, 0.1) is 12.7 Å². The molecule has 1 aliphatic rings. The molecule has 0 bridgehead atoms. The summed E-state index contributed by atoms with van der Waals surface area (Å²) in [6.07, 6.45) is 2.10. The first-order valence-electron chi connectivity index (χ1n) is 7.10. The van der Waals surface area contributed by atoms with Crippen LogP contribution in [0.3, 0.4) is 0 Å². The molecule has 19 heavy (non-hydrogen) atoms. The number of aliphatic hydroxyl groups is 1. The highest BCUT2D eigenvalue weighted by Gasteiger charge is 2.30. The van der Waals surface area contributed by atoms with E-state index in [0.29, 0.717) is 12.6 Å². The van der Waals surface area contributed by atoms with Gasteiger partial charge in [0.2, 0.25) is 0 Å². The highest BCUT2D eigenvalue weighted by molar-refractivity contribution is 5.31. The Balaban J connectivity index is 1.97. The lowest BCUT2D eigenvalue weighted by atomic mass is 10.0. The Bertz CT molecular complexity index is 415. The van der Waals surface area contributed by atoms with Crippen LogP contribution in [0.15, 0.2) is 18.2 Å². The second-order valence-corrected chi connectivity index (χ2v) is 5.58. The fourth-order valence-electron chi connectivity index (χ4n) is 2.37. The number of ether oxygens (including phenoxy) is 1. The van der Waals surface area contributed by atoms with E-state index in [0.717, 1.165) is 18.7 Å². The molecule has 1 aliphatic carbocycles. The monoisotopic (exact) mass is 263 g/mol. The lowest BCUT2D eigenvalue weighted by Crippen LogP contribution is -2.33. The van der Waals surface area contributed by atoms with Crippen LogP contribution in [0.4, 0.5) is 0 Å². The van der Waals surface area contributed by atoms with E-state index in [9.17, 15) is 5.11 Å². The molecule has 0 aliphatic heterocycles. The lowest BCUT2D eigenvalue weighted by molar-refractivity contribution is 0.0845. The molecule has 106 valence electrons. The highest BCUT2D eigenvalue weighted by atomic mass is 16.5. The summed E-state index contributed by atoms with van der Waals surface area (Å²) in [6.45, 7) is 6.53. The van der Waals surface area contributed by atoms with Gasteiger partial charge in [-0.25, -0.2) is 0 Å². The Morgan fingerprint density at radius 2 is 2.05 bits per heavy atom. The van der Waals surface area contributed by atoms with Gasteiger partial charge in [-0.15, -0.1) is 0 Å². The molecule has 0 amide bonds. The summed E-state index contributed by atoms with van der Waals surface area (Å²) < 4.78 is 5.15. The third kappa shape index (κ3) is 4.03. The molecular weight excluding hydrogens is 238 g/mol. The molecule has 0 radical (unpaired) electrons. The second kappa shape index (κ2) is 6.51. The summed E-state index contributed by atoms with van der Waals surface area (Å²) in [7, 11) is 1.73. The average molecular weight is 263 g/mol. The van der Waals surface area contributed by atoms with Crippen molar-refractivity contribution in [2.24, 2.45) is 0 Å². The molecule has 1 aromatic rings. The lowest BCUT2D eigenvalue weighted by Gasteiger charge is -2.25. The Kier molecular flexibility index (Phi) is 4.97. The van der Waals surface area contributed by atoms with E-state index in [4.69, 9.17) is 4.74 Å². The van der Waals surface area contributed by atoms with Crippen LogP contribution in [-0.4, -0.2) is 42.9 Å². The van der Waals surface area contributed by atoms with Gasteiger partial charge in [0, 0.05) is 26.2 Å². The van der Waals surface area contributed by atoms with Gasteiger partial charge in [0.15, 0.2) is 0 Å². The Morgan fingerprint density at radius 1 is 1.32 bits per heavy atom. The first-order chi connectivity index (χ1) is 9.11. The molecule has 1 saturated carbocycles. The normalized spacial score (nSPS) is 16.9. The van der Waals surface area contributed by atoms with Crippen molar-refractivity contribution in [2.75, 3.05) is 26.8 Å². The van der Waals surface area contributed by atoms with Gasteiger partial charge < -0.3 is 9.84 Å². The summed E-state index contributed by atoms with van der Waals surface area (Å²) >= 11 is 0. The minimum atomic E-state index is -0.406. The summed E-state index contributed by atoms with van der Waals surface area (Å²) in [5, 5.41) is 10.4. The predicted octanol–water partition coefficient (Wildman–Crippen LogP) is 2.45. The first-order valence-corrected chi connectivity index (χ1v) is 7.10. The van der Waals surface area contributed by atoms with Gasteiger partial charge in [-0.2, -0.15) is 0 Å². The first kappa shape index (κ1) is 14.5. The number of hydrogen-bond acceptors (Lipinski definition) is 3. The van der Waals surface area contributed by atoms with Crippen LogP contribution in [0.25, 0.3) is 0 Å². The SMILES string of the molecule is COCCN(CC(O)c1ccc(C)c(C)c1)C1CC1. The van der Waals surface area contributed by atoms with E-state index < -0.39 is 6.10 Å². The van der Waals surface area contributed by atoms with Crippen LogP contribution in [0.1, 0.15) is 35.6 Å². The summed E-state index contributed by atoms with van der Waals surface area (Å²) in [5.74, 6) is 0. The van der Waals surface area contributed by atoms with Crippen molar-refractivity contribution in [2.45, 2.75) is 38.8 Å². The predicted molar refractivity (Wildman–Crippen MR) is 77.3 cm³/mol. The number of hydrogen-bond donors (Lipinski definition) is 1. The third-order valence-electron chi connectivity index (χ3n) is 3.97. The Labute approximate surface area is 116 Å². The van der Waals surface area contributed by atoms with Crippen LogP contribution in [-0.2, 0) is 4.74 Å². The van der Waals surface area contributed by atoms with E-state index in [2.05, 4.69) is 30.9 Å². The number of aliphatic hydroxyl groups excluding tert-OH is 1. The highest BCUT2D eigenvalue weighted by Crippen LogP contribution is 2.28. The summed E-state index contributed by atoms with van der Waals surface area (Å²) in [5.41, 5.74) is 3.53. The average Bonchev–Trinajstić information content (AvgIpc) is 3.21. The maximum Gasteiger partial charge on any atom is 0.0917 e. The summed E-state index contributed by atoms with van der Waals surface area (Å²) in [4.78, 5) is 2.35. The molecule has 1 atom stereocenters. The van der Waals surface area contributed by atoms with Crippen LogP contribution in [0.2, 0.25) is 0 Å². The van der Waals surface area contributed by atoms with Crippen molar-refractivity contribution < 1.29 is 9.84 Å². The van der Waals surface area contributed by atoms with Gasteiger partial charge in [-0.05, 0) is 43.4 Å². The van der Waals surface area contributed by atoms with Crippen molar-refractivity contribution in [3.8, 4) is 0 Å². The maximum absolute atomic E-state index is 10.4. The molecule has 1 N–H and O–H groups in total. The van der Waals surface area contributed by atoms with Crippen LogP contribution < -0.4 is 0 Å². The van der Waals surface area contributed by atoms with E-state index in [1.807, 2.05) is 6.07 Å². The van der Waals surface area contributed by atoms with Crippen molar-refractivity contribution in [1.29, 1.82) is 0 Å². The molecular formula is C16H25NO2.